The molecule has 3 rings (SSSR count). The molecule has 0 fully saturated rings. The van der Waals surface area contributed by atoms with Crippen LogP contribution in [0.1, 0.15) is 37.6 Å². The molecule has 1 aromatic heterocycles. The Hall–Kier alpha value is -2.22. The van der Waals surface area contributed by atoms with E-state index in [2.05, 4.69) is 29.4 Å². The first kappa shape index (κ1) is 24.4. The van der Waals surface area contributed by atoms with Gasteiger partial charge < -0.3 is 14.6 Å². The molecule has 0 aliphatic rings. The molecule has 1 amide bonds. The van der Waals surface area contributed by atoms with Gasteiger partial charge in [0, 0.05) is 24.2 Å². The molecule has 6 nitrogen and oxygen atoms in total. The highest BCUT2D eigenvalue weighted by atomic mass is 35.5. The van der Waals surface area contributed by atoms with Crippen LogP contribution in [0.5, 0.6) is 5.75 Å². The van der Waals surface area contributed by atoms with Crippen LogP contribution >= 0.6 is 35.0 Å². The summed E-state index contributed by atoms with van der Waals surface area (Å²) in [6.45, 7) is 4.78. The molecule has 0 radical (unpaired) electrons. The van der Waals surface area contributed by atoms with E-state index in [9.17, 15) is 4.79 Å². The van der Waals surface area contributed by atoms with Gasteiger partial charge in [-0.25, -0.2) is 0 Å². The summed E-state index contributed by atoms with van der Waals surface area (Å²) in [5, 5.41) is 13.1. The van der Waals surface area contributed by atoms with Crippen LogP contribution in [0.4, 0.5) is 5.69 Å². The minimum absolute atomic E-state index is 0.0786. The van der Waals surface area contributed by atoms with Crippen LogP contribution in [-0.2, 0) is 18.3 Å². The van der Waals surface area contributed by atoms with Crippen LogP contribution in [-0.4, -0.2) is 33.0 Å². The Balaban J connectivity index is 1.43. The highest BCUT2D eigenvalue weighted by molar-refractivity contribution is 7.99. The zero-order valence-corrected chi connectivity index (χ0v) is 20.6. The number of anilines is 1. The maximum atomic E-state index is 12.3. The molecule has 32 heavy (non-hydrogen) atoms. The molecule has 0 saturated carbocycles. The summed E-state index contributed by atoms with van der Waals surface area (Å²) in [7, 11) is 1.90. The van der Waals surface area contributed by atoms with Gasteiger partial charge in [-0.3, -0.25) is 4.79 Å². The smallest absolute Gasteiger partial charge is 0.234 e. The topological polar surface area (TPSA) is 69.0 Å². The Labute approximate surface area is 202 Å². The molecular formula is C23H26Cl2N4O2S. The lowest BCUT2D eigenvalue weighted by molar-refractivity contribution is -0.113. The lowest BCUT2D eigenvalue weighted by Gasteiger charge is -2.09. The standard InChI is InChI=1S/C23H26Cl2N4O2S/c1-15(2)16-6-9-18(10-7-16)26-22(30)14-32-23-28-27-21(29(23)3)5-4-12-31-20-11-8-17(24)13-19(20)25/h6-11,13,15H,4-5,12,14H2,1-3H3,(H,26,30). The van der Waals surface area contributed by atoms with Crippen LogP contribution < -0.4 is 10.1 Å². The second-order valence-corrected chi connectivity index (χ2v) is 9.38. The highest BCUT2D eigenvalue weighted by Gasteiger charge is 2.12. The van der Waals surface area contributed by atoms with E-state index in [0.29, 0.717) is 39.9 Å². The number of ether oxygens (including phenoxy) is 1. The molecule has 0 bridgehead atoms. The molecule has 0 saturated heterocycles. The number of hydrogen-bond acceptors (Lipinski definition) is 5. The molecule has 1 heterocycles. The number of carbonyl (C=O) groups excluding carboxylic acids is 1. The van der Waals surface area contributed by atoms with Crippen LogP contribution in [0.2, 0.25) is 10.0 Å². The number of aromatic nitrogens is 3. The van der Waals surface area contributed by atoms with Gasteiger partial charge in [-0.1, -0.05) is 60.9 Å². The average Bonchev–Trinajstić information content (AvgIpc) is 3.11. The summed E-state index contributed by atoms with van der Waals surface area (Å²) in [4.78, 5) is 12.3. The van der Waals surface area contributed by atoms with E-state index in [1.54, 1.807) is 18.2 Å². The van der Waals surface area contributed by atoms with Crippen molar-refractivity contribution in [3.63, 3.8) is 0 Å². The number of nitrogens with zero attached hydrogens (tertiary/aromatic N) is 3. The van der Waals surface area contributed by atoms with Gasteiger partial charge in [0.1, 0.15) is 11.6 Å². The van der Waals surface area contributed by atoms with Gasteiger partial charge in [-0.05, 0) is 48.2 Å². The van der Waals surface area contributed by atoms with Crippen LogP contribution in [0.3, 0.4) is 0 Å². The molecule has 0 aliphatic heterocycles. The first-order chi connectivity index (χ1) is 15.3. The lowest BCUT2D eigenvalue weighted by Crippen LogP contribution is -2.14. The van der Waals surface area contributed by atoms with Crippen LogP contribution in [0.25, 0.3) is 0 Å². The van der Waals surface area contributed by atoms with E-state index in [0.717, 1.165) is 17.9 Å². The lowest BCUT2D eigenvalue weighted by atomic mass is 10.0. The summed E-state index contributed by atoms with van der Waals surface area (Å²) in [6.07, 6.45) is 1.45. The quantitative estimate of drug-likeness (QED) is 0.278. The normalized spacial score (nSPS) is 11.1. The Bertz CT molecular complexity index is 1050. The average molecular weight is 493 g/mol. The second-order valence-electron chi connectivity index (χ2n) is 7.60. The minimum atomic E-state index is -0.0786. The van der Waals surface area contributed by atoms with Crippen molar-refractivity contribution in [2.75, 3.05) is 17.7 Å². The van der Waals surface area contributed by atoms with Gasteiger partial charge in [0.25, 0.3) is 0 Å². The van der Waals surface area contributed by atoms with Crippen LogP contribution in [0, 0.1) is 0 Å². The van der Waals surface area contributed by atoms with E-state index in [1.807, 2.05) is 35.9 Å². The zero-order valence-electron chi connectivity index (χ0n) is 18.3. The number of aryl methyl sites for hydroxylation is 1. The number of thioether (sulfide) groups is 1. The van der Waals surface area contributed by atoms with E-state index in [4.69, 9.17) is 27.9 Å². The maximum absolute atomic E-state index is 12.3. The number of halogens is 2. The molecule has 1 N–H and O–H groups in total. The van der Waals surface area contributed by atoms with Crippen LogP contribution in [0.15, 0.2) is 47.6 Å². The highest BCUT2D eigenvalue weighted by Crippen LogP contribution is 2.27. The predicted molar refractivity (Wildman–Crippen MR) is 131 cm³/mol. The molecule has 0 spiro atoms. The van der Waals surface area contributed by atoms with E-state index in [-0.39, 0.29) is 11.7 Å². The van der Waals surface area contributed by atoms with Crippen molar-refractivity contribution in [1.82, 2.24) is 14.8 Å². The van der Waals surface area contributed by atoms with Crippen molar-refractivity contribution in [3.05, 3.63) is 63.9 Å². The summed E-state index contributed by atoms with van der Waals surface area (Å²) in [5.74, 6) is 2.08. The number of benzene rings is 2. The van der Waals surface area contributed by atoms with Crippen molar-refractivity contribution in [3.8, 4) is 5.75 Å². The van der Waals surface area contributed by atoms with Crippen molar-refractivity contribution >= 4 is 46.6 Å². The predicted octanol–water partition coefficient (Wildman–Crippen LogP) is 5.99. The first-order valence-electron chi connectivity index (χ1n) is 10.3. The Morgan fingerprint density at radius 3 is 2.59 bits per heavy atom. The van der Waals surface area contributed by atoms with Crippen molar-refractivity contribution < 1.29 is 9.53 Å². The Morgan fingerprint density at radius 1 is 1.16 bits per heavy atom. The number of carbonyl (C=O) groups is 1. The fourth-order valence-electron chi connectivity index (χ4n) is 2.97. The van der Waals surface area contributed by atoms with Gasteiger partial charge in [0.05, 0.1) is 17.4 Å². The molecule has 2 aromatic carbocycles. The third kappa shape index (κ3) is 6.89. The zero-order chi connectivity index (χ0) is 23.1. The first-order valence-corrected chi connectivity index (χ1v) is 12.1. The molecule has 0 unspecified atom stereocenters. The SMILES string of the molecule is CC(C)c1ccc(NC(=O)CSc2nnc(CCCOc3ccc(Cl)cc3Cl)n2C)cc1. The third-order valence-electron chi connectivity index (χ3n) is 4.81. The summed E-state index contributed by atoms with van der Waals surface area (Å²) >= 11 is 13.4. The molecule has 3 aromatic rings. The summed E-state index contributed by atoms with van der Waals surface area (Å²) in [5.41, 5.74) is 2.03. The minimum Gasteiger partial charge on any atom is -0.492 e. The molecule has 0 aliphatic carbocycles. The van der Waals surface area contributed by atoms with E-state index < -0.39 is 0 Å². The van der Waals surface area contributed by atoms with Crippen molar-refractivity contribution in [2.45, 2.75) is 37.8 Å². The number of rotatable bonds is 10. The van der Waals surface area contributed by atoms with Crippen molar-refractivity contribution in [1.29, 1.82) is 0 Å². The summed E-state index contributed by atoms with van der Waals surface area (Å²) in [6, 6.07) is 13.1. The molecule has 0 atom stereocenters. The van der Waals surface area contributed by atoms with Gasteiger partial charge in [0.15, 0.2) is 5.16 Å². The van der Waals surface area contributed by atoms with E-state index in [1.165, 1.54) is 17.3 Å². The Morgan fingerprint density at radius 2 is 1.91 bits per heavy atom. The fraction of sp³-hybridized carbons (Fsp3) is 0.348. The van der Waals surface area contributed by atoms with Gasteiger partial charge in [0.2, 0.25) is 5.91 Å². The van der Waals surface area contributed by atoms with Gasteiger partial charge in [-0.15, -0.1) is 10.2 Å². The number of amides is 1. The van der Waals surface area contributed by atoms with Gasteiger partial charge >= 0.3 is 0 Å². The third-order valence-corrected chi connectivity index (χ3v) is 6.37. The summed E-state index contributed by atoms with van der Waals surface area (Å²) < 4.78 is 7.62. The number of nitrogens with one attached hydrogen (secondary N) is 1. The van der Waals surface area contributed by atoms with Gasteiger partial charge in [-0.2, -0.15) is 0 Å². The van der Waals surface area contributed by atoms with Crippen molar-refractivity contribution in [2.24, 2.45) is 7.05 Å². The molecule has 9 heteroatoms. The molecular weight excluding hydrogens is 467 g/mol. The maximum Gasteiger partial charge on any atom is 0.234 e. The van der Waals surface area contributed by atoms with E-state index >= 15 is 0 Å². The second kappa shape index (κ2) is 11.6. The monoisotopic (exact) mass is 492 g/mol. The Kier molecular flexibility index (Phi) is 8.84. The number of hydrogen-bond donors (Lipinski definition) is 1. The molecule has 170 valence electrons. The largest absolute Gasteiger partial charge is 0.492 e. The fourth-order valence-corrected chi connectivity index (χ4v) is 4.16.